The molecule has 0 aromatic carbocycles. The van der Waals surface area contributed by atoms with E-state index in [1.807, 2.05) is 0 Å². The number of ether oxygens (including phenoxy) is 1. The van der Waals surface area contributed by atoms with Crippen LogP contribution in [0.15, 0.2) is 4.99 Å². The lowest BCUT2D eigenvalue weighted by molar-refractivity contribution is -0.148. The maximum absolute atomic E-state index is 12.5. The number of alkyl halides is 3. The number of likely N-dealkylation sites (tertiary alicyclic amines) is 1. The first-order valence-electron chi connectivity index (χ1n) is 10.9. The van der Waals surface area contributed by atoms with Crippen molar-refractivity contribution in [3.05, 3.63) is 0 Å². The van der Waals surface area contributed by atoms with E-state index in [1.54, 1.807) is 7.05 Å². The van der Waals surface area contributed by atoms with Crippen LogP contribution in [0.1, 0.15) is 52.9 Å². The van der Waals surface area contributed by atoms with Gasteiger partial charge in [0.1, 0.15) is 0 Å². The van der Waals surface area contributed by atoms with Gasteiger partial charge in [-0.3, -0.25) is 9.89 Å². The average molecular weight is 421 g/mol. The van der Waals surface area contributed by atoms with Crippen molar-refractivity contribution in [3.63, 3.8) is 0 Å². The molecule has 2 saturated heterocycles. The molecule has 2 heterocycles. The third kappa shape index (κ3) is 8.70. The molecule has 2 unspecified atom stereocenters. The highest BCUT2D eigenvalue weighted by molar-refractivity contribution is 5.79. The average Bonchev–Trinajstić information content (AvgIpc) is 2.64. The van der Waals surface area contributed by atoms with Gasteiger partial charge in [0.15, 0.2) is 5.96 Å². The number of piperidine rings is 1. The fraction of sp³-hybridized carbons (Fsp3) is 0.952. The first kappa shape index (κ1) is 24.3. The van der Waals surface area contributed by atoms with Gasteiger partial charge in [-0.05, 0) is 56.5 Å². The van der Waals surface area contributed by atoms with E-state index in [0.717, 1.165) is 57.8 Å². The number of nitrogens with one attached hydrogen (secondary N) is 2. The third-order valence-electron chi connectivity index (χ3n) is 6.01. The smallest absolute Gasteiger partial charge is 0.377 e. The highest BCUT2D eigenvalue weighted by atomic mass is 19.4. The zero-order chi connectivity index (χ0) is 21.5. The molecule has 0 bridgehead atoms. The Hall–Kier alpha value is -1.02. The third-order valence-corrected chi connectivity index (χ3v) is 6.01. The molecule has 5 nitrogen and oxygen atoms in total. The lowest BCUT2D eigenvalue weighted by Crippen LogP contribution is -2.47. The van der Waals surface area contributed by atoms with Gasteiger partial charge in [0, 0.05) is 32.7 Å². The van der Waals surface area contributed by atoms with E-state index in [2.05, 4.69) is 36.4 Å². The Bertz CT molecular complexity index is 511. The van der Waals surface area contributed by atoms with Gasteiger partial charge < -0.3 is 15.4 Å². The summed E-state index contributed by atoms with van der Waals surface area (Å²) in [6.45, 7) is 9.42. The Labute approximate surface area is 173 Å². The largest absolute Gasteiger partial charge is 0.401 e. The zero-order valence-electron chi connectivity index (χ0n) is 18.4. The lowest BCUT2D eigenvalue weighted by Gasteiger charge is -2.40. The molecule has 0 aromatic heterocycles. The van der Waals surface area contributed by atoms with Crippen LogP contribution in [0.5, 0.6) is 0 Å². The number of aliphatic imine (C=N–C) groups is 1. The second-order valence-corrected chi connectivity index (χ2v) is 9.56. The summed E-state index contributed by atoms with van der Waals surface area (Å²) in [5.41, 5.74) is 0.116. The highest BCUT2D eigenvalue weighted by Crippen LogP contribution is 2.33. The molecule has 2 N–H and O–H groups in total. The van der Waals surface area contributed by atoms with Crippen LogP contribution in [0.2, 0.25) is 0 Å². The molecular weight excluding hydrogens is 381 g/mol. The van der Waals surface area contributed by atoms with Crippen LogP contribution >= 0.6 is 0 Å². The van der Waals surface area contributed by atoms with Crippen molar-refractivity contribution in [3.8, 4) is 0 Å². The number of rotatable bonds is 6. The van der Waals surface area contributed by atoms with E-state index in [9.17, 15) is 13.2 Å². The number of halogens is 3. The quantitative estimate of drug-likeness (QED) is 0.509. The summed E-state index contributed by atoms with van der Waals surface area (Å²) >= 11 is 0. The summed E-state index contributed by atoms with van der Waals surface area (Å²) in [7, 11) is 1.77. The van der Waals surface area contributed by atoms with Crippen LogP contribution in [0, 0.1) is 17.3 Å². The molecule has 29 heavy (non-hydrogen) atoms. The van der Waals surface area contributed by atoms with E-state index >= 15 is 0 Å². The summed E-state index contributed by atoms with van der Waals surface area (Å²) < 4.78 is 43.5. The second-order valence-electron chi connectivity index (χ2n) is 9.56. The standard InChI is InChI=1S/C21H39F3N4O/c1-20(2,3)18-17(6-5-13-29-18)14-27-19(25-4)26-10-7-16-8-11-28(12-9-16)15-21(22,23)24/h16-18H,5-15H2,1-4H3,(H2,25,26,27). The van der Waals surface area contributed by atoms with Gasteiger partial charge >= 0.3 is 6.18 Å². The Balaban J connectivity index is 1.67. The molecule has 170 valence electrons. The van der Waals surface area contributed by atoms with Crippen LogP contribution < -0.4 is 10.6 Å². The van der Waals surface area contributed by atoms with Gasteiger partial charge in [0.2, 0.25) is 0 Å². The molecule has 0 amide bonds. The highest BCUT2D eigenvalue weighted by Gasteiger charge is 2.35. The summed E-state index contributed by atoms with van der Waals surface area (Å²) in [5.74, 6) is 1.72. The Kier molecular flexibility index (Phi) is 9.07. The fourth-order valence-electron chi connectivity index (χ4n) is 4.54. The summed E-state index contributed by atoms with van der Waals surface area (Å²) in [6, 6.07) is 0. The van der Waals surface area contributed by atoms with Gasteiger partial charge in [-0.1, -0.05) is 20.8 Å². The summed E-state index contributed by atoms with van der Waals surface area (Å²) in [5, 5.41) is 6.80. The van der Waals surface area contributed by atoms with Gasteiger partial charge in [-0.25, -0.2) is 0 Å². The monoisotopic (exact) mass is 420 g/mol. The SMILES string of the molecule is CN=C(NCCC1CCN(CC(F)(F)F)CC1)NCC1CCCOC1C(C)(C)C. The van der Waals surface area contributed by atoms with Crippen molar-refractivity contribution in [2.45, 2.75) is 65.2 Å². The topological polar surface area (TPSA) is 48.9 Å². The Morgan fingerprint density at radius 1 is 1.10 bits per heavy atom. The van der Waals surface area contributed by atoms with Crippen LogP contribution in [-0.2, 0) is 4.74 Å². The fourth-order valence-corrected chi connectivity index (χ4v) is 4.54. The molecule has 2 aliphatic rings. The van der Waals surface area contributed by atoms with Crippen molar-refractivity contribution in [2.75, 3.05) is 46.4 Å². The van der Waals surface area contributed by atoms with E-state index in [1.165, 1.54) is 4.90 Å². The van der Waals surface area contributed by atoms with Crippen molar-refractivity contribution < 1.29 is 17.9 Å². The number of hydrogen-bond acceptors (Lipinski definition) is 3. The molecule has 2 rings (SSSR count). The Morgan fingerprint density at radius 2 is 1.79 bits per heavy atom. The maximum Gasteiger partial charge on any atom is 0.401 e. The number of guanidine groups is 1. The zero-order valence-corrected chi connectivity index (χ0v) is 18.4. The van der Waals surface area contributed by atoms with E-state index < -0.39 is 12.7 Å². The first-order chi connectivity index (χ1) is 13.6. The maximum atomic E-state index is 12.5. The van der Waals surface area contributed by atoms with Gasteiger partial charge in [0.25, 0.3) is 0 Å². The normalized spacial score (nSPS) is 25.8. The predicted octanol–water partition coefficient (Wildman–Crippen LogP) is 3.66. The lowest BCUT2D eigenvalue weighted by atomic mass is 9.78. The molecule has 0 spiro atoms. The van der Waals surface area contributed by atoms with E-state index in [4.69, 9.17) is 4.74 Å². The molecule has 2 aliphatic heterocycles. The van der Waals surface area contributed by atoms with Gasteiger partial charge in [-0.2, -0.15) is 13.2 Å². The van der Waals surface area contributed by atoms with Crippen molar-refractivity contribution in [2.24, 2.45) is 22.2 Å². The van der Waals surface area contributed by atoms with E-state index in [-0.39, 0.29) is 11.5 Å². The Morgan fingerprint density at radius 3 is 2.38 bits per heavy atom. The summed E-state index contributed by atoms with van der Waals surface area (Å²) in [4.78, 5) is 5.83. The van der Waals surface area contributed by atoms with Crippen LogP contribution in [0.3, 0.4) is 0 Å². The number of hydrogen-bond donors (Lipinski definition) is 2. The van der Waals surface area contributed by atoms with Crippen molar-refractivity contribution in [1.82, 2.24) is 15.5 Å². The van der Waals surface area contributed by atoms with E-state index in [0.29, 0.717) is 24.9 Å². The minimum Gasteiger partial charge on any atom is -0.377 e. The predicted molar refractivity (Wildman–Crippen MR) is 111 cm³/mol. The molecule has 0 saturated carbocycles. The second kappa shape index (κ2) is 10.8. The minimum atomic E-state index is -4.10. The molecule has 2 atom stereocenters. The van der Waals surface area contributed by atoms with Crippen LogP contribution in [0.25, 0.3) is 0 Å². The molecule has 0 aliphatic carbocycles. The molecular formula is C21H39F3N4O. The van der Waals surface area contributed by atoms with Crippen molar-refractivity contribution >= 4 is 5.96 Å². The summed E-state index contributed by atoms with van der Waals surface area (Å²) in [6.07, 6.45) is 1.01. The minimum absolute atomic E-state index is 0.116. The first-order valence-corrected chi connectivity index (χ1v) is 10.9. The van der Waals surface area contributed by atoms with Crippen LogP contribution in [0.4, 0.5) is 13.2 Å². The van der Waals surface area contributed by atoms with Crippen molar-refractivity contribution in [1.29, 1.82) is 0 Å². The molecule has 0 radical (unpaired) electrons. The van der Waals surface area contributed by atoms with Crippen LogP contribution in [-0.4, -0.2) is 69.5 Å². The molecule has 2 fully saturated rings. The molecule has 0 aromatic rings. The van der Waals surface area contributed by atoms with Gasteiger partial charge in [0.05, 0.1) is 12.6 Å². The van der Waals surface area contributed by atoms with Gasteiger partial charge in [-0.15, -0.1) is 0 Å². The number of nitrogens with zero attached hydrogens (tertiary/aromatic N) is 2. The molecule has 8 heteroatoms.